The van der Waals surface area contributed by atoms with Gasteiger partial charge in [-0.3, -0.25) is 14.4 Å². The number of amides is 3. The van der Waals surface area contributed by atoms with Gasteiger partial charge in [0.15, 0.2) is 0 Å². The molecular weight excluding hydrogens is 482 g/mol. The van der Waals surface area contributed by atoms with Gasteiger partial charge >= 0.3 is 0 Å². The van der Waals surface area contributed by atoms with Crippen LogP contribution in [0.4, 0.5) is 10.8 Å². The number of carbonyl (C=O) groups excluding carboxylic acids is 3. The number of aromatic nitrogens is 2. The first-order valence-corrected chi connectivity index (χ1v) is 12.4. The van der Waals surface area contributed by atoms with E-state index in [1.54, 1.807) is 48.4 Å². The lowest BCUT2D eigenvalue weighted by Crippen LogP contribution is -2.28. The molecule has 1 unspecified atom stereocenters. The molecule has 36 heavy (non-hydrogen) atoms. The van der Waals surface area contributed by atoms with Gasteiger partial charge in [-0.25, -0.2) is 0 Å². The fraction of sp³-hybridized carbons (Fsp3) is 0.320. The third-order valence-corrected chi connectivity index (χ3v) is 6.51. The average molecular weight is 510 g/mol. The summed E-state index contributed by atoms with van der Waals surface area (Å²) in [7, 11) is 1.55. The van der Waals surface area contributed by atoms with Gasteiger partial charge in [-0.15, -0.1) is 10.2 Å². The average Bonchev–Trinajstić information content (AvgIpc) is 3.51. The third-order valence-electron chi connectivity index (χ3n) is 5.61. The molecule has 1 atom stereocenters. The first-order valence-electron chi connectivity index (χ1n) is 11.6. The zero-order chi connectivity index (χ0) is 25.5. The van der Waals surface area contributed by atoms with Crippen LogP contribution in [-0.4, -0.2) is 54.7 Å². The predicted molar refractivity (Wildman–Crippen MR) is 136 cm³/mol. The summed E-state index contributed by atoms with van der Waals surface area (Å²) in [6.45, 7) is 3.13. The van der Waals surface area contributed by atoms with E-state index in [0.717, 1.165) is 11.4 Å². The van der Waals surface area contributed by atoms with E-state index < -0.39 is 5.92 Å². The fourth-order valence-corrected chi connectivity index (χ4v) is 4.53. The van der Waals surface area contributed by atoms with Crippen LogP contribution >= 0.6 is 11.3 Å². The van der Waals surface area contributed by atoms with E-state index in [-0.39, 0.29) is 24.1 Å². The van der Waals surface area contributed by atoms with Crippen molar-refractivity contribution >= 4 is 39.9 Å². The Morgan fingerprint density at radius 2 is 1.94 bits per heavy atom. The molecule has 1 aliphatic heterocycles. The lowest BCUT2D eigenvalue weighted by atomic mass is 10.1. The quantitative estimate of drug-likeness (QED) is 0.431. The number of methoxy groups -OCH3 is 1. The Hall–Kier alpha value is -3.99. The molecule has 1 aromatic heterocycles. The summed E-state index contributed by atoms with van der Waals surface area (Å²) in [6.07, 6.45) is 0.595. The van der Waals surface area contributed by atoms with Crippen LogP contribution in [0.1, 0.15) is 28.7 Å². The highest BCUT2D eigenvalue weighted by Crippen LogP contribution is 2.28. The molecule has 10 nitrogen and oxygen atoms in total. The molecule has 0 radical (unpaired) electrons. The van der Waals surface area contributed by atoms with E-state index in [9.17, 15) is 14.4 Å². The minimum atomic E-state index is -0.487. The van der Waals surface area contributed by atoms with Crippen LogP contribution < -0.4 is 25.0 Å². The van der Waals surface area contributed by atoms with Crippen LogP contribution in [0.3, 0.4) is 0 Å². The number of ether oxygens (including phenoxy) is 2. The Balaban J connectivity index is 1.26. The Morgan fingerprint density at radius 3 is 2.69 bits per heavy atom. The van der Waals surface area contributed by atoms with Crippen LogP contribution in [0.15, 0.2) is 48.5 Å². The molecule has 2 N–H and O–H groups in total. The monoisotopic (exact) mass is 509 g/mol. The van der Waals surface area contributed by atoms with E-state index in [4.69, 9.17) is 9.47 Å². The van der Waals surface area contributed by atoms with Gasteiger partial charge in [0, 0.05) is 37.2 Å². The van der Waals surface area contributed by atoms with Crippen molar-refractivity contribution in [3.05, 3.63) is 59.1 Å². The highest BCUT2D eigenvalue weighted by atomic mass is 32.1. The summed E-state index contributed by atoms with van der Waals surface area (Å²) in [5.41, 5.74) is 1.23. The lowest BCUT2D eigenvalue weighted by molar-refractivity contribution is -0.122. The fourth-order valence-electron chi connectivity index (χ4n) is 3.78. The minimum absolute atomic E-state index is 0.107. The number of hydrogen-bond donors (Lipinski definition) is 2. The summed E-state index contributed by atoms with van der Waals surface area (Å²) >= 11 is 1.24. The second-order valence-corrected chi connectivity index (χ2v) is 9.12. The topological polar surface area (TPSA) is 123 Å². The van der Waals surface area contributed by atoms with Crippen molar-refractivity contribution in [2.45, 2.75) is 19.8 Å². The Morgan fingerprint density at radius 1 is 1.14 bits per heavy atom. The Labute approximate surface area is 212 Å². The number of nitrogens with one attached hydrogen (secondary N) is 2. The van der Waals surface area contributed by atoms with Gasteiger partial charge in [0.1, 0.15) is 16.5 Å². The van der Waals surface area contributed by atoms with Crippen LogP contribution in [-0.2, 0) is 16.0 Å². The van der Waals surface area contributed by atoms with Crippen molar-refractivity contribution in [3.63, 3.8) is 0 Å². The van der Waals surface area contributed by atoms with Crippen LogP contribution in [0.5, 0.6) is 11.5 Å². The number of nitrogens with zero attached hydrogens (tertiary/aromatic N) is 3. The lowest BCUT2D eigenvalue weighted by Gasteiger charge is -2.17. The normalized spacial score (nSPS) is 15.0. The van der Waals surface area contributed by atoms with E-state index in [1.165, 1.54) is 11.3 Å². The van der Waals surface area contributed by atoms with Crippen molar-refractivity contribution in [1.29, 1.82) is 0 Å². The Bertz CT molecular complexity index is 1230. The van der Waals surface area contributed by atoms with Gasteiger partial charge in [0.2, 0.25) is 16.9 Å². The first kappa shape index (κ1) is 25.1. The first-order chi connectivity index (χ1) is 17.5. The minimum Gasteiger partial charge on any atom is -0.497 e. The molecule has 3 aromatic rings. The maximum atomic E-state index is 12.8. The van der Waals surface area contributed by atoms with E-state index in [1.807, 2.05) is 19.1 Å². The zero-order valence-electron chi connectivity index (χ0n) is 20.0. The molecule has 2 heterocycles. The van der Waals surface area contributed by atoms with Crippen LogP contribution in [0.2, 0.25) is 0 Å². The van der Waals surface area contributed by atoms with Crippen molar-refractivity contribution in [2.24, 2.45) is 5.92 Å². The second-order valence-electron chi connectivity index (χ2n) is 8.06. The number of benzene rings is 2. The Kier molecular flexibility index (Phi) is 8.11. The standard InChI is InChI=1S/C25H27N5O5S/c1-3-35-19-9-7-18(8-10-19)30-15-17(14-22(30)31)24(33)27-25-29-28-21(36-25)11-12-26-23(32)16-5-4-6-20(13-16)34-2/h4-10,13,17H,3,11-12,14-15H2,1-2H3,(H,26,32)(H,27,29,33). The van der Waals surface area contributed by atoms with Gasteiger partial charge in [-0.2, -0.15) is 0 Å². The molecule has 0 aliphatic carbocycles. The second kappa shape index (κ2) is 11.6. The molecule has 4 rings (SSSR count). The number of rotatable bonds is 10. The smallest absolute Gasteiger partial charge is 0.251 e. The zero-order valence-corrected chi connectivity index (χ0v) is 20.8. The van der Waals surface area contributed by atoms with E-state index in [0.29, 0.717) is 47.6 Å². The number of carbonyl (C=O) groups is 3. The maximum Gasteiger partial charge on any atom is 0.251 e. The van der Waals surface area contributed by atoms with Crippen molar-refractivity contribution in [3.8, 4) is 11.5 Å². The molecular formula is C25H27N5O5S. The predicted octanol–water partition coefficient (Wildman–Crippen LogP) is 2.91. The maximum absolute atomic E-state index is 12.8. The highest BCUT2D eigenvalue weighted by molar-refractivity contribution is 7.15. The highest BCUT2D eigenvalue weighted by Gasteiger charge is 2.35. The molecule has 1 aliphatic rings. The molecule has 11 heteroatoms. The number of anilines is 2. The molecule has 1 fully saturated rings. The largest absolute Gasteiger partial charge is 0.497 e. The molecule has 2 aromatic carbocycles. The van der Waals surface area contributed by atoms with E-state index >= 15 is 0 Å². The van der Waals surface area contributed by atoms with Gasteiger partial charge in [0.05, 0.1) is 19.6 Å². The third kappa shape index (κ3) is 6.16. The van der Waals surface area contributed by atoms with Gasteiger partial charge < -0.3 is 25.0 Å². The summed E-state index contributed by atoms with van der Waals surface area (Å²) in [6, 6.07) is 14.1. The van der Waals surface area contributed by atoms with Gasteiger partial charge in [0.25, 0.3) is 5.91 Å². The summed E-state index contributed by atoms with van der Waals surface area (Å²) in [5.74, 6) is 0.260. The SMILES string of the molecule is CCOc1ccc(N2CC(C(=O)Nc3nnc(CCNC(=O)c4cccc(OC)c4)s3)CC2=O)cc1. The number of hydrogen-bond acceptors (Lipinski definition) is 8. The molecule has 0 spiro atoms. The van der Waals surface area contributed by atoms with Gasteiger partial charge in [-0.1, -0.05) is 17.4 Å². The van der Waals surface area contributed by atoms with Gasteiger partial charge in [-0.05, 0) is 49.4 Å². The summed E-state index contributed by atoms with van der Waals surface area (Å²) in [4.78, 5) is 39.2. The van der Waals surface area contributed by atoms with Crippen molar-refractivity contribution in [1.82, 2.24) is 15.5 Å². The van der Waals surface area contributed by atoms with Crippen LogP contribution in [0, 0.1) is 5.92 Å². The molecule has 188 valence electrons. The molecule has 0 saturated carbocycles. The summed E-state index contributed by atoms with van der Waals surface area (Å²) in [5, 5.41) is 14.8. The summed E-state index contributed by atoms with van der Waals surface area (Å²) < 4.78 is 10.6. The molecule has 1 saturated heterocycles. The van der Waals surface area contributed by atoms with E-state index in [2.05, 4.69) is 20.8 Å². The van der Waals surface area contributed by atoms with Crippen molar-refractivity contribution < 1.29 is 23.9 Å². The molecule has 3 amide bonds. The van der Waals surface area contributed by atoms with Crippen molar-refractivity contribution in [2.75, 3.05) is 37.0 Å². The molecule has 0 bridgehead atoms. The van der Waals surface area contributed by atoms with Crippen LogP contribution in [0.25, 0.3) is 0 Å².